The van der Waals surface area contributed by atoms with Crippen LogP contribution in [0.15, 0.2) is 22.7 Å². The number of hydrogen-bond donors (Lipinski definition) is 1. The quantitative estimate of drug-likeness (QED) is 0.920. The van der Waals surface area contributed by atoms with Crippen LogP contribution in [0.3, 0.4) is 0 Å². The van der Waals surface area contributed by atoms with Crippen LogP contribution in [-0.4, -0.2) is 36.9 Å². The van der Waals surface area contributed by atoms with Crippen LogP contribution in [0.25, 0.3) is 0 Å². The van der Waals surface area contributed by atoms with Crippen molar-refractivity contribution in [2.45, 2.75) is 12.5 Å². The van der Waals surface area contributed by atoms with Crippen molar-refractivity contribution >= 4 is 27.6 Å². The Kier molecular flexibility index (Phi) is 4.40. The third-order valence-electron chi connectivity index (χ3n) is 3.04. The van der Waals surface area contributed by atoms with Crippen LogP contribution < -0.4 is 4.90 Å². The van der Waals surface area contributed by atoms with Crippen LogP contribution in [0.1, 0.15) is 12.0 Å². The smallest absolute Gasteiger partial charge is 0.305 e. The van der Waals surface area contributed by atoms with E-state index in [4.69, 9.17) is 15.1 Å². The maximum absolute atomic E-state index is 10.9. The van der Waals surface area contributed by atoms with Gasteiger partial charge < -0.3 is 14.7 Å². The lowest BCUT2D eigenvalue weighted by molar-refractivity contribution is -0.138. The van der Waals surface area contributed by atoms with Crippen molar-refractivity contribution < 1.29 is 14.6 Å². The van der Waals surface area contributed by atoms with Gasteiger partial charge in [0.2, 0.25) is 0 Å². The number of rotatable bonds is 3. The third kappa shape index (κ3) is 3.25. The number of ether oxygens (including phenoxy) is 1. The van der Waals surface area contributed by atoms with Gasteiger partial charge in [0, 0.05) is 16.7 Å². The molecule has 0 aliphatic carbocycles. The second-order valence-corrected chi connectivity index (χ2v) is 5.15. The number of halogens is 1. The molecular weight excluding hydrogens is 312 g/mol. The third-order valence-corrected chi connectivity index (χ3v) is 3.70. The van der Waals surface area contributed by atoms with E-state index in [1.54, 1.807) is 6.07 Å². The molecule has 100 valence electrons. The van der Waals surface area contributed by atoms with Gasteiger partial charge in [-0.1, -0.05) is 0 Å². The van der Waals surface area contributed by atoms with Gasteiger partial charge in [-0.2, -0.15) is 5.26 Å². The molecule has 6 heteroatoms. The number of carboxylic acids is 1. The Balaban J connectivity index is 2.25. The van der Waals surface area contributed by atoms with Crippen LogP contribution in [0.5, 0.6) is 0 Å². The van der Waals surface area contributed by atoms with Crippen LogP contribution >= 0.6 is 15.9 Å². The standard InChI is InChI=1S/C13H13BrN2O3/c14-12-5-10(2-1-9(12)7-15)16-3-4-19-8-11(16)6-13(17)18/h1-2,5,11H,3-4,6,8H2,(H,17,18). The van der Waals surface area contributed by atoms with Crippen molar-refractivity contribution in [3.63, 3.8) is 0 Å². The summed E-state index contributed by atoms with van der Waals surface area (Å²) in [6, 6.07) is 7.32. The fraction of sp³-hybridized carbons (Fsp3) is 0.385. The molecule has 0 saturated carbocycles. The first kappa shape index (κ1) is 13.8. The number of morpholine rings is 1. The molecule has 1 fully saturated rings. The fourth-order valence-electron chi connectivity index (χ4n) is 2.14. The fourth-order valence-corrected chi connectivity index (χ4v) is 2.59. The predicted octanol–water partition coefficient (Wildman–Crippen LogP) is 2.00. The van der Waals surface area contributed by atoms with Gasteiger partial charge >= 0.3 is 5.97 Å². The van der Waals surface area contributed by atoms with Crippen molar-refractivity contribution in [2.24, 2.45) is 0 Å². The molecule has 1 atom stereocenters. The Hall–Kier alpha value is -1.58. The molecule has 1 heterocycles. The summed E-state index contributed by atoms with van der Waals surface area (Å²) < 4.78 is 6.06. The Morgan fingerprint density at radius 3 is 3.05 bits per heavy atom. The van der Waals surface area contributed by atoms with E-state index in [-0.39, 0.29) is 12.5 Å². The number of aliphatic carboxylic acids is 1. The second kappa shape index (κ2) is 6.04. The molecule has 19 heavy (non-hydrogen) atoms. The minimum atomic E-state index is -0.840. The highest BCUT2D eigenvalue weighted by atomic mass is 79.9. The average Bonchev–Trinajstić information content (AvgIpc) is 2.38. The molecular formula is C13H13BrN2O3. The summed E-state index contributed by atoms with van der Waals surface area (Å²) in [6.07, 6.45) is 0.0393. The monoisotopic (exact) mass is 324 g/mol. The lowest BCUT2D eigenvalue weighted by Crippen LogP contribution is -2.46. The summed E-state index contributed by atoms with van der Waals surface area (Å²) in [5.41, 5.74) is 1.47. The maximum atomic E-state index is 10.9. The van der Waals surface area contributed by atoms with Gasteiger partial charge in [-0.3, -0.25) is 4.79 Å². The Morgan fingerprint density at radius 1 is 1.63 bits per heavy atom. The summed E-state index contributed by atoms with van der Waals surface area (Å²) in [5, 5.41) is 17.8. The van der Waals surface area contributed by atoms with E-state index in [1.165, 1.54) is 0 Å². The number of carbonyl (C=O) groups is 1. The highest BCUT2D eigenvalue weighted by molar-refractivity contribution is 9.10. The summed E-state index contributed by atoms with van der Waals surface area (Å²) in [7, 11) is 0. The molecule has 0 aromatic heterocycles. The normalized spacial score (nSPS) is 18.9. The zero-order valence-corrected chi connectivity index (χ0v) is 11.8. The van der Waals surface area contributed by atoms with Crippen molar-refractivity contribution in [2.75, 3.05) is 24.7 Å². The SMILES string of the molecule is N#Cc1ccc(N2CCOCC2CC(=O)O)cc1Br. The highest BCUT2D eigenvalue weighted by Gasteiger charge is 2.25. The first-order valence-electron chi connectivity index (χ1n) is 5.87. The zero-order chi connectivity index (χ0) is 13.8. The Labute approximate surface area is 119 Å². The molecule has 1 aromatic rings. The molecule has 0 spiro atoms. The molecule has 1 unspecified atom stereocenters. The molecule has 1 saturated heterocycles. The van der Waals surface area contributed by atoms with Crippen molar-refractivity contribution in [1.82, 2.24) is 0 Å². The van der Waals surface area contributed by atoms with E-state index >= 15 is 0 Å². The number of nitriles is 1. The highest BCUT2D eigenvalue weighted by Crippen LogP contribution is 2.27. The van der Waals surface area contributed by atoms with Gasteiger partial charge in [0.25, 0.3) is 0 Å². The second-order valence-electron chi connectivity index (χ2n) is 4.30. The Bertz CT molecular complexity index is 527. The van der Waals surface area contributed by atoms with Gasteiger partial charge in [0.1, 0.15) is 6.07 Å². The first-order chi connectivity index (χ1) is 9.11. The minimum absolute atomic E-state index is 0.0393. The molecule has 0 radical (unpaired) electrons. The lowest BCUT2D eigenvalue weighted by Gasteiger charge is -2.36. The summed E-state index contributed by atoms with van der Waals surface area (Å²) in [6.45, 7) is 1.63. The molecule has 2 rings (SSSR count). The number of benzene rings is 1. The molecule has 0 amide bonds. The van der Waals surface area contributed by atoms with Crippen LogP contribution in [0.2, 0.25) is 0 Å². The first-order valence-corrected chi connectivity index (χ1v) is 6.67. The van der Waals surface area contributed by atoms with E-state index in [0.29, 0.717) is 29.8 Å². The Morgan fingerprint density at radius 2 is 2.42 bits per heavy atom. The number of anilines is 1. The molecule has 5 nitrogen and oxygen atoms in total. The van der Waals surface area contributed by atoms with E-state index in [1.807, 2.05) is 17.0 Å². The molecule has 1 aliphatic rings. The van der Waals surface area contributed by atoms with Gasteiger partial charge in [-0.25, -0.2) is 0 Å². The number of nitrogens with zero attached hydrogens (tertiary/aromatic N) is 2. The van der Waals surface area contributed by atoms with Crippen molar-refractivity contribution in [3.05, 3.63) is 28.2 Å². The van der Waals surface area contributed by atoms with Crippen LogP contribution in [0.4, 0.5) is 5.69 Å². The van der Waals surface area contributed by atoms with Gasteiger partial charge in [0.05, 0.1) is 31.2 Å². The van der Waals surface area contributed by atoms with Gasteiger partial charge in [0.15, 0.2) is 0 Å². The summed E-state index contributed by atoms with van der Waals surface area (Å²) in [4.78, 5) is 12.9. The van der Waals surface area contributed by atoms with Gasteiger partial charge in [-0.05, 0) is 34.1 Å². The minimum Gasteiger partial charge on any atom is -0.481 e. The van der Waals surface area contributed by atoms with E-state index in [2.05, 4.69) is 22.0 Å². The average molecular weight is 325 g/mol. The zero-order valence-electron chi connectivity index (χ0n) is 10.2. The number of hydrogen-bond acceptors (Lipinski definition) is 4. The van der Waals surface area contributed by atoms with Crippen LogP contribution in [-0.2, 0) is 9.53 Å². The van der Waals surface area contributed by atoms with Crippen LogP contribution in [0, 0.1) is 11.3 Å². The maximum Gasteiger partial charge on any atom is 0.305 e. The number of carboxylic acid groups (broad SMARTS) is 1. The van der Waals surface area contributed by atoms with Crippen molar-refractivity contribution in [1.29, 1.82) is 5.26 Å². The largest absolute Gasteiger partial charge is 0.481 e. The van der Waals surface area contributed by atoms with E-state index in [0.717, 1.165) is 5.69 Å². The summed E-state index contributed by atoms with van der Waals surface area (Å²) >= 11 is 3.35. The van der Waals surface area contributed by atoms with E-state index in [9.17, 15) is 4.79 Å². The van der Waals surface area contributed by atoms with Gasteiger partial charge in [-0.15, -0.1) is 0 Å². The molecule has 1 aromatic carbocycles. The topological polar surface area (TPSA) is 73.6 Å². The molecule has 1 N–H and O–H groups in total. The van der Waals surface area contributed by atoms with E-state index < -0.39 is 5.97 Å². The predicted molar refractivity (Wildman–Crippen MR) is 73.1 cm³/mol. The molecule has 1 aliphatic heterocycles. The lowest BCUT2D eigenvalue weighted by atomic mass is 10.1. The summed E-state index contributed by atoms with van der Waals surface area (Å²) in [5.74, 6) is -0.840. The van der Waals surface area contributed by atoms with Crippen molar-refractivity contribution in [3.8, 4) is 6.07 Å². The molecule has 0 bridgehead atoms.